The van der Waals surface area contributed by atoms with E-state index < -0.39 is 6.10 Å². The molecule has 1 saturated carbocycles. The molecule has 3 atom stereocenters. The standard InChI is InChI=1S/C18H24FN3O3/c19-13-4-1-12(2-5-13)3-8-16(23)21-14-6-7-15(18(14)25)22-10-9-20-17(24)11-22/h1-2,4-5,14-15,18,25H,3,6-11H2,(H,20,24)(H,21,23)/t14-,15-,18-/m1/s1. The highest BCUT2D eigenvalue weighted by Crippen LogP contribution is 2.25. The van der Waals surface area contributed by atoms with Crippen LogP contribution in [0.25, 0.3) is 0 Å². The van der Waals surface area contributed by atoms with Crippen molar-refractivity contribution in [3.05, 3.63) is 35.6 Å². The van der Waals surface area contributed by atoms with Gasteiger partial charge < -0.3 is 15.7 Å². The Labute approximate surface area is 146 Å². The molecule has 1 aromatic carbocycles. The average Bonchev–Trinajstić information content (AvgIpc) is 2.95. The van der Waals surface area contributed by atoms with E-state index in [1.807, 2.05) is 4.90 Å². The molecule has 0 unspecified atom stereocenters. The number of amides is 2. The van der Waals surface area contributed by atoms with E-state index in [4.69, 9.17) is 0 Å². The molecule has 1 aliphatic heterocycles. The molecule has 2 amide bonds. The maximum absolute atomic E-state index is 12.9. The summed E-state index contributed by atoms with van der Waals surface area (Å²) in [6.07, 6.45) is 1.63. The maximum Gasteiger partial charge on any atom is 0.234 e. The minimum atomic E-state index is -0.666. The molecular formula is C18H24FN3O3. The van der Waals surface area contributed by atoms with Crippen LogP contribution in [0, 0.1) is 5.82 Å². The molecule has 3 N–H and O–H groups in total. The molecule has 136 valence electrons. The van der Waals surface area contributed by atoms with Crippen LogP contribution in [-0.4, -0.2) is 59.6 Å². The number of nitrogens with one attached hydrogen (secondary N) is 2. The number of carbonyl (C=O) groups excluding carboxylic acids is 2. The van der Waals surface area contributed by atoms with Crippen molar-refractivity contribution >= 4 is 11.8 Å². The zero-order valence-electron chi connectivity index (χ0n) is 14.1. The van der Waals surface area contributed by atoms with Crippen molar-refractivity contribution in [1.29, 1.82) is 0 Å². The van der Waals surface area contributed by atoms with Crippen LogP contribution in [0.4, 0.5) is 4.39 Å². The summed E-state index contributed by atoms with van der Waals surface area (Å²) in [5.41, 5.74) is 0.903. The first-order valence-corrected chi connectivity index (χ1v) is 8.75. The third kappa shape index (κ3) is 4.55. The summed E-state index contributed by atoms with van der Waals surface area (Å²) < 4.78 is 12.9. The first-order chi connectivity index (χ1) is 12.0. The van der Waals surface area contributed by atoms with Crippen LogP contribution in [0.3, 0.4) is 0 Å². The molecule has 0 spiro atoms. The Morgan fingerprint density at radius 2 is 2.08 bits per heavy atom. The first-order valence-electron chi connectivity index (χ1n) is 8.75. The van der Waals surface area contributed by atoms with Crippen LogP contribution in [0.15, 0.2) is 24.3 Å². The van der Waals surface area contributed by atoms with Crippen molar-refractivity contribution < 1.29 is 19.1 Å². The van der Waals surface area contributed by atoms with Gasteiger partial charge in [-0.3, -0.25) is 14.5 Å². The minimum Gasteiger partial charge on any atom is -0.389 e. The van der Waals surface area contributed by atoms with E-state index in [2.05, 4.69) is 10.6 Å². The second-order valence-corrected chi connectivity index (χ2v) is 6.76. The van der Waals surface area contributed by atoms with E-state index >= 15 is 0 Å². The fraction of sp³-hybridized carbons (Fsp3) is 0.556. The number of nitrogens with zero attached hydrogens (tertiary/aromatic N) is 1. The number of benzene rings is 1. The highest BCUT2D eigenvalue weighted by Gasteiger charge is 2.40. The van der Waals surface area contributed by atoms with Crippen LogP contribution in [0.1, 0.15) is 24.8 Å². The quantitative estimate of drug-likeness (QED) is 0.709. The van der Waals surface area contributed by atoms with Crippen LogP contribution < -0.4 is 10.6 Å². The lowest BCUT2D eigenvalue weighted by molar-refractivity contribution is -0.126. The maximum atomic E-state index is 12.9. The van der Waals surface area contributed by atoms with Crippen molar-refractivity contribution in [2.45, 2.75) is 43.9 Å². The zero-order valence-corrected chi connectivity index (χ0v) is 14.1. The number of carbonyl (C=O) groups is 2. The molecule has 0 radical (unpaired) electrons. The Kier molecular flexibility index (Phi) is 5.65. The van der Waals surface area contributed by atoms with E-state index in [1.54, 1.807) is 12.1 Å². The third-order valence-corrected chi connectivity index (χ3v) is 5.02. The van der Waals surface area contributed by atoms with Gasteiger partial charge in [0.15, 0.2) is 0 Å². The number of halogens is 1. The Morgan fingerprint density at radius 3 is 2.80 bits per heavy atom. The molecule has 1 aliphatic carbocycles. The normalized spacial score (nSPS) is 27.1. The topological polar surface area (TPSA) is 81.7 Å². The van der Waals surface area contributed by atoms with E-state index in [0.717, 1.165) is 18.5 Å². The van der Waals surface area contributed by atoms with Crippen molar-refractivity contribution in [2.24, 2.45) is 0 Å². The number of aliphatic hydroxyl groups excluding tert-OH is 1. The molecule has 6 nitrogen and oxygen atoms in total. The van der Waals surface area contributed by atoms with Gasteiger partial charge in [0.05, 0.1) is 18.7 Å². The number of hydrogen-bond acceptors (Lipinski definition) is 4. The van der Waals surface area contributed by atoms with Crippen LogP contribution >= 0.6 is 0 Å². The lowest BCUT2D eigenvalue weighted by atomic mass is 10.1. The Morgan fingerprint density at radius 1 is 1.32 bits per heavy atom. The molecular weight excluding hydrogens is 325 g/mol. The molecule has 25 heavy (non-hydrogen) atoms. The largest absolute Gasteiger partial charge is 0.389 e. The Hall–Kier alpha value is -1.99. The third-order valence-electron chi connectivity index (χ3n) is 5.02. The highest BCUT2D eigenvalue weighted by atomic mass is 19.1. The lowest BCUT2D eigenvalue weighted by Gasteiger charge is -2.34. The fourth-order valence-corrected chi connectivity index (χ4v) is 3.65. The van der Waals surface area contributed by atoms with Gasteiger partial charge >= 0.3 is 0 Å². The summed E-state index contributed by atoms with van der Waals surface area (Å²) in [5, 5.41) is 16.2. The second-order valence-electron chi connectivity index (χ2n) is 6.76. The number of rotatable bonds is 5. The van der Waals surface area contributed by atoms with Gasteiger partial charge in [-0.15, -0.1) is 0 Å². The predicted octanol–water partition coefficient (Wildman–Crippen LogP) is 0.198. The van der Waals surface area contributed by atoms with Gasteiger partial charge in [0.25, 0.3) is 0 Å². The zero-order chi connectivity index (χ0) is 17.8. The van der Waals surface area contributed by atoms with E-state index in [0.29, 0.717) is 32.4 Å². The van der Waals surface area contributed by atoms with E-state index in [1.165, 1.54) is 12.1 Å². The second kappa shape index (κ2) is 7.93. The summed E-state index contributed by atoms with van der Waals surface area (Å²) >= 11 is 0. The molecule has 0 aromatic heterocycles. The molecule has 7 heteroatoms. The Balaban J connectivity index is 1.47. The summed E-state index contributed by atoms with van der Waals surface area (Å²) in [7, 11) is 0. The monoisotopic (exact) mass is 349 g/mol. The van der Waals surface area contributed by atoms with Crippen molar-refractivity contribution in [2.75, 3.05) is 19.6 Å². The Bertz CT molecular complexity index is 622. The van der Waals surface area contributed by atoms with Crippen LogP contribution in [-0.2, 0) is 16.0 Å². The fourth-order valence-electron chi connectivity index (χ4n) is 3.65. The number of piperazine rings is 1. The summed E-state index contributed by atoms with van der Waals surface area (Å²) in [4.78, 5) is 25.6. The summed E-state index contributed by atoms with van der Waals surface area (Å²) in [5.74, 6) is -0.435. The number of aliphatic hydroxyl groups is 1. The SMILES string of the molecule is O=C1CN([C@@H]2CC[C@@H](NC(=O)CCc3ccc(F)cc3)[C@H]2O)CCN1. The van der Waals surface area contributed by atoms with Gasteiger partial charge in [-0.05, 0) is 37.0 Å². The van der Waals surface area contributed by atoms with Crippen molar-refractivity contribution in [3.8, 4) is 0 Å². The van der Waals surface area contributed by atoms with Crippen LogP contribution in [0.2, 0.25) is 0 Å². The van der Waals surface area contributed by atoms with Gasteiger partial charge in [0.1, 0.15) is 5.82 Å². The molecule has 1 saturated heterocycles. The van der Waals surface area contributed by atoms with Gasteiger partial charge in [0, 0.05) is 25.6 Å². The number of aryl methyl sites for hydroxylation is 1. The molecule has 2 aliphatic rings. The predicted molar refractivity (Wildman–Crippen MR) is 90.3 cm³/mol. The molecule has 0 bridgehead atoms. The number of hydrogen-bond donors (Lipinski definition) is 3. The lowest BCUT2D eigenvalue weighted by Crippen LogP contribution is -2.55. The van der Waals surface area contributed by atoms with E-state index in [9.17, 15) is 19.1 Å². The molecule has 2 fully saturated rings. The molecule has 1 aromatic rings. The van der Waals surface area contributed by atoms with E-state index in [-0.39, 0.29) is 29.7 Å². The minimum absolute atomic E-state index is 0.0229. The van der Waals surface area contributed by atoms with Crippen LogP contribution in [0.5, 0.6) is 0 Å². The van der Waals surface area contributed by atoms with Gasteiger partial charge in [-0.1, -0.05) is 12.1 Å². The van der Waals surface area contributed by atoms with Crippen molar-refractivity contribution in [1.82, 2.24) is 15.5 Å². The molecule has 1 heterocycles. The van der Waals surface area contributed by atoms with Gasteiger partial charge in [-0.25, -0.2) is 4.39 Å². The molecule has 3 rings (SSSR count). The smallest absolute Gasteiger partial charge is 0.234 e. The highest BCUT2D eigenvalue weighted by molar-refractivity contribution is 5.78. The van der Waals surface area contributed by atoms with Gasteiger partial charge in [0.2, 0.25) is 11.8 Å². The summed E-state index contributed by atoms with van der Waals surface area (Å²) in [6, 6.07) is 5.74. The first kappa shape index (κ1) is 17.8. The summed E-state index contributed by atoms with van der Waals surface area (Å²) in [6.45, 7) is 1.61. The van der Waals surface area contributed by atoms with Gasteiger partial charge in [-0.2, -0.15) is 0 Å². The average molecular weight is 349 g/mol. The van der Waals surface area contributed by atoms with Crippen molar-refractivity contribution in [3.63, 3.8) is 0 Å².